The summed E-state index contributed by atoms with van der Waals surface area (Å²) in [6.07, 6.45) is 4.22. The van der Waals surface area contributed by atoms with E-state index in [9.17, 15) is 4.79 Å². The van der Waals surface area contributed by atoms with E-state index in [1.54, 1.807) is 6.20 Å². The largest absolute Gasteiger partial charge is 0.478 e. The Morgan fingerprint density at radius 1 is 1.44 bits per heavy atom. The number of fused-ring (bicyclic) bond motifs is 1. The highest BCUT2D eigenvalue weighted by molar-refractivity contribution is 6.03. The zero-order valence-corrected chi connectivity index (χ0v) is 9.10. The second-order valence-corrected chi connectivity index (χ2v) is 4.51. The van der Waals surface area contributed by atoms with Crippen molar-refractivity contribution in [2.75, 3.05) is 0 Å². The van der Waals surface area contributed by atoms with Crippen molar-refractivity contribution in [3.05, 3.63) is 35.5 Å². The second-order valence-electron chi connectivity index (χ2n) is 4.51. The fourth-order valence-electron chi connectivity index (χ4n) is 2.24. The van der Waals surface area contributed by atoms with Gasteiger partial charge in [0.1, 0.15) is 0 Å². The molecule has 1 aromatic heterocycles. The van der Waals surface area contributed by atoms with Crippen LogP contribution in [0.4, 0.5) is 0 Å². The van der Waals surface area contributed by atoms with Crippen LogP contribution in [0.5, 0.6) is 0 Å². The van der Waals surface area contributed by atoms with Crippen LogP contribution in [0, 0.1) is 0 Å². The molecule has 0 unspecified atom stereocenters. The highest BCUT2D eigenvalue weighted by Crippen LogP contribution is 2.41. The number of rotatable bonds is 2. The van der Waals surface area contributed by atoms with Crippen LogP contribution < -0.4 is 0 Å². The summed E-state index contributed by atoms with van der Waals surface area (Å²) in [4.78, 5) is 11.0. The van der Waals surface area contributed by atoms with Gasteiger partial charge in [0.05, 0.1) is 5.56 Å². The predicted octanol–water partition coefficient (Wildman–Crippen LogP) is 2.75. The summed E-state index contributed by atoms with van der Waals surface area (Å²) in [6.45, 7) is 0. The van der Waals surface area contributed by atoms with E-state index in [0.29, 0.717) is 11.5 Å². The van der Waals surface area contributed by atoms with Gasteiger partial charge in [0.25, 0.3) is 0 Å². The smallest absolute Gasteiger partial charge is 0.337 e. The Labute approximate surface area is 93.3 Å². The van der Waals surface area contributed by atoms with Crippen molar-refractivity contribution < 1.29 is 9.90 Å². The first-order chi connectivity index (χ1) is 7.66. The number of aromatic nitrogens is 1. The van der Waals surface area contributed by atoms with Gasteiger partial charge in [-0.25, -0.2) is 4.79 Å². The van der Waals surface area contributed by atoms with Gasteiger partial charge in [-0.2, -0.15) is 0 Å². The van der Waals surface area contributed by atoms with Crippen molar-refractivity contribution in [1.29, 1.82) is 0 Å². The van der Waals surface area contributed by atoms with E-state index in [-0.39, 0.29) is 0 Å². The Morgan fingerprint density at radius 2 is 2.19 bits per heavy atom. The number of benzene rings is 1. The Hall–Kier alpha value is -1.77. The first-order valence-corrected chi connectivity index (χ1v) is 5.49. The zero-order valence-electron chi connectivity index (χ0n) is 9.10. The molecule has 3 rings (SSSR count). The van der Waals surface area contributed by atoms with E-state index in [4.69, 9.17) is 5.11 Å². The lowest BCUT2D eigenvalue weighted by Crippen LogP contribution is -1.93. The monoisotopic (exact) mass is 215 g/mol. The lowest BCUT2D eigenvalue weighted by atomic mass is 10.1. The summed E-state index contributed by atoms with van der Waals surface area (Å²) < 4.78 is 1.89. The number of nitrogens with zero attached hydrogens (tertiary/aromatic N) is 1. The Morgan fingerprint density at radius 3 is 2.81 bits per heavy atom. The van der Waals surface area contributed by atoms with Crippen molar-refractivity contribution in [1.82, 2.24) is 4.57 Å². The van der Waals surface area contributed by atoms with E-state index in [1.807, 2.05) is 17.7 Å². The molecule has 3 nitrogen and oxygen atoms in total. The standard InChI is InChI=1S/C13H13NO2/c1-14-7-11(13(15)16)10-5-4-9(6-12(10)14)8-2-3-8/h4-8H,2-3H2,1H3,(H,15,16). The summed E-state index contributed by atoms with van der Waals surface area (Å²) in [5.74, 6) is -0.155. The van der Waals surface area contributed by atoms with E-state index in [1.165, 1.54) is 18.4 Å². The van der Waals surface area contributed by atoms with Gasteiger partial charge in [0.2, 0.25) is 0 Å². The van der Waals surface area contributed by atoms with Gasteiger partial charge in [0, 0.05) is 24.1 Å². The highest BCUT2D eigenvalue weighted by Gasteiger charge is 2.24. The fraction of sp³-hybridized carbons (Fsp3) is 0.308. The first kappa shape index (κ1) is 9.46. The number of aryl methyl sites for hydroxylation is 1. The molecule has 0 saturated heterocycles. The van der Waals surface area contributed by atoms with Crippen LogP contribution in [0.1, 0.15) is 34.7 Å². The maximum Gasteiger partial charge on any atom is 0.337 e. The lowest BCUT2D eigenvalue weighted by molar-refractivity contribution is 0.0699. The molecule has 1 aromatic carbocycles. The highest BCUT2D eigenvalue weighted by atomic mass is 16.4. The molecule has 3 heteroatoms. The van der Waals surface area contributed by atoms with Crippen LogP contribution in [-0.4, -0.2) is 15.6 Å². The topological polar surface area (TPSA) is 42.2 Å². The molecule has 82 valence electrons. The average molecular weight is 215 g/mol. The molecule has 16 heavy (non-hydrogen) atoms. The van der Waals surface area contributed by atoms with Gasteiger partial charge in [-0.05, 0) is 30.4 Å². The number of carboxylic acid groups (broad SMARTS) is 1. The number of aromatic carboxylic acids is 1. The molecule has 1 heterocycles. The lowest BCUT2D eigenvalue weighted by Gasteiger charge is -2.00. The van der Waals surface area contributed by atoms with Crippen molar-refractivity contribution in [2.45, 2.75) is 18.8 Å². The third kappa shape index (κ3) is 1.32. The van der Waals surface area contributed by atoms with Gasteiger partial charge in [-0.3, -0.25) is 0 Å². The molecule has 1 N–H and O–H groups in total. The maximum atomic E-state index is 11.0. The molecule has 1 fully saturated rings. The summed E-state index contributed by atoms with van der Waals surface area (Å²) in [7, 11) is 1.89. The van der Waals surface area contributed by atoms with Crippen LogP contribution in [0.2, 0.25) is 0 Å². The molecule has 0 amide bonds. The molecular formula is C13H13NO2. The number of hydrogen-bond donors (Lipinski definition) is 1. The SMILES string of the molecule is Cn1cc(C(=O)O)c2ccc(C3CC3)cc21. The van der Waals surface area contributed by atoms with Crippen molar-refractivity contribution in [3.63, 3.8) is 0 Å². The van der Waals surface area contributed by atoms with E-state index in [2.05, 4.69) is 12.1 Å². The van der Waals surface area contributed by atoms with Crippen molar-refractivity contribution in [2.24, 2.45) is 7.05 Å². The van der Waals surface area contributed by atoms with Gasteiger partial charge in [0.15, 0.2) is 0 Å². The van der Waals surface area contributed by atoms with Crippen LogP contribution in [0.25, 0.3) is 10.9 Å². The Balaban J connectivity index is 2.23. The Kier molecular flexibility index (Phi) is 1.84. The predicted molar refractivity (Wildman–Crippen MR) is 61.9 cm³/mol. The summed E-state index contributed by atoms with van der Waals surface area (Å²) in [5.41, 5.74) is 2.74. The summed E-state index contributed by atoms with van der Waals surface area (Å²) in [5, 5.41) is 9.91. The van der Waals surface area contributed by atoms with Gasteiger partial charge >= 0.3 is 5.97 Å². The Bertz CT molecular complexity index is 579. The van der Waals surface area contributed by atoms with E-state index < -0.39 is 5.97 Å². The third-order valence-electron chi connectivity index (χ3n) is 3.29. The molecule has 1 aliphatic rings. The number of hydrogen-bond acceptors (Lipinski definition) is 1. The van der Waals surface area contributed by atoms with Gasteiger partial charge in [-0.15, -0.1) is 0 Å². The molecule has 0 bridgehead atoms. The fourth-order valence-corrected chi connectivity index (χ4v) is 2.24. The van der Waals surface area contributed by atoms with Crippen LogP contribution >= 0.6 is 0 Å². The van der Waals surface area contributed by atoms with E-state index in [0.717, 1.165) is 10.9 Å². The van der Waals surface area contributed by atoms with Crippen LogP contribution in [0.15, 0.2) is 24.4 Å². The minimum Gasteiger partial charge on any atom is -0.478 e. The molecule has 2 aromatic rings. The number of carbonyl (C=O) groups is 1. The minimum atomic E-state index is -0.857. The van der Waals surface area contributed by atoms with Crippen molar-refractivity contribution >= 4 is 16.9 Å². The maximum absolute atomic E-state index is 11.0. The molecule has 0 atom stereocenters. The van der Waals surface area contributed by atoms with Gasteiger partial charge < -0.3 is 9.67 Å². The normalized spacial score (nSPS) is 15.6. The van der Waals surface area contributed by atoms with Crippen LogP contribution in [-0.2, 0) is 7.05 Å². The molecule has 1 aliphatic carbocycles. The third-order valence-corrected chi connectivity index (χ3v) is 3.29. The summed E-state index contributed by atoms with van der Waals surface area (Å²) >= 11 is 0. The molecule has 0 aliphatic heterocycles. The van der Waals surface area contributed by atoms with Crippen LogP contribution in [0.3, 0.4) is 0 Å². The summed E-state index contributed by atoms with van der Waals surface area (Å²) in [6, 6.07) is 6.12. The minimum absolute atomic E-state index is 0.389. The number of carboxylic acids is 1. The zero-order chi connectivity index (χ0) is 11.3. The molecule has 0 radical (unpaired) electrons. The first-order valence-electron chi connectivity index (χ1n) is 5.49. The molecular weight excluding hydrogens is 202 g/mol. The quantitative estimate of drug-likeness (QED) is 0.836. The van der Waals surface area contributed by atoms with Crippen molar-refractivity contribution in [3.8, 4) is 0 Å². The average Bonchev–Trinajstić information content (AvgIpc) is 3.04. The second kappa shape index (κ2) is 3.11. The molecule has 1 saturated carbocycles. The molecule has 0 spiro atoms. The van der Waals surface area contributed by atoms with Gasteiger partial charge in [-0.1, -0.05) is 12.1 Å². The van der Waals surface area contributed by atoms with E-state index >= 15 is 0 Å².